The van der Waals surface area contributed by atoms with Crippen molar-refractivity contribution < 1.29 is 13.9 Å². The van der Waals surface area contributed by atoms with Crippen LogP contribution in [-0.2, 0) is 0 Å². The van der Waals surface area contributed by atoms with Crippen molar-refractivity contribution in [2.24, 2.45) is 0 Å². The first-order chi connectivity index (χ1) is 9.16. The van der Waals surface area contributed by atoms with Gasteiger partial charge in [0.2, 0.25) is 0 Å². The zero-order valence-electron chi connectivity index (χ0n) is 9.75. The maximum absolute atomic E-state index is 13.7. The van der Waals surface area contributed by atoms with E-state index in [0.717, 1.165) is 0 Å². The van der Waals surface area contributed by atoms with Gasteiger partial charge in [-0.25, -0.2) is 4.39 Å². The van der Waals surface area contributed by atoms with E-state index in [1.54, 1.807) is 18.2 Å². The summed E-state index contributed by atoms with van der Waals surface area (Å²) in [6.45, 7) is 0.805. The summed E-state index contributed by atoms with van der Waals surface area (Å²) in [6, 6.07) is 7.77. The Kier molecular flexibility index (Phi) is 3.25. The fourth-order valence-electron chi connectivity index (χ4n) is 2.06. The Morgan fingerprint density at radius 2 is 1.68 bits per heavy atom. The van der Waals surface area contributed by atoms with Gasteiger partial charge >= 0.3 is 0 Å². The van der Waals surface area contributed by atoms with Crippen molar-refractivity contribution in [3.8, 4) is 22.6 Å². The summed E-state index contributed by atoms with van der Waals surface area (Å²) in [5.74, 6) is 0.426. The quantitative estimate of drug-likeness (QED) is 0.768. The monoisotopic (exact) mass is 298 g/mol. The molecule has 0 atom stereocenters. The van der Waals surface area contributed by atoms with Gasteiger partial charge in [-0.05, 0) is 18.2 Å². The Morgan fingerprint density at radius 3 is 2.42 bits per heavy atom. The third-order valence-electron chi connectivity index (χ3n) is 2.84. The highest BCUT2D eigenvalue weighted by Gasteiger charge is 2.21. The van der Waals surface area contributed by atoms with E-state index in [2.05, 4.69) is 0 Å². The second kappa shape index (κ2) is 4.91. The van der Waals surface area contributed by atoms with E-state index >= 15 is 0 Å². The molecule has 98 valence electrons. The van der Waals surface area contributed by atoms with Gasteiger partial charge in [0.15, 0.2) is 11.5 Å². The molecule has 19 heavy (non-hydrogen) atoms. The van der Waals surface area contributed by atoms with Crippen LogP contribution < -0.4 is 9.47 Å². The van der Waals surface area contributed by atoms with Crippen LogP contribution in [0.15, 0.2) is 30.3 Å². The molecule has 0 spiro atoms. The zero-order chi connectivity index (χ0) is 13.4. The highest BCUT2D eigenvalue weighted by molar-refractivity contribution is 6.39. The largest absolute Gasteiger partial charge is 0.486 e. The molecule has 0 radical (unpaired) electrons. The lowest BCUT2D eigenvalue weighted by Gasteiger charge is -2.22. The van der Waals surface area contributed by atoms with Gasteiger partial charge in [0.1, 0.15) is 19.0 Å². The van der Waals surface area contributed by atoms with E-state index in [4.69, 9.17) is 32.7 Å². The highest BCUT2D eigenvalue weighted by atomic mass is 35.5. The summed E-state index contributed by atoms with van der Waals surface area (Å²) in [4.78, 5) is 0. The molecule has 0 saturated heterocycles. The molecule has 0 N–H and O–H groups in total. The lowest BCUT2D eigenvalue weighted by Crippen LogP contribution is -2.16. The third-order valence-corrected chi connectivity index (χ3v) is 3.47. The minimum Gasteiger partial charge on any atom is -0.486 e. The molecule has 0 fully saturated rings. The van der Waals surface area contributed by atoms with Gasteiger partial charge in [0, 0.05) is 17.2 Å². The molecule has 0 aliphatic carbocycles. The maximum atomic E-state index is 13.7. The predicted octanol–water partition coefficient (Wildman–Crippen LogP) is 4.57. The average molecular weight is 299 g/mol. The standard InChI is InChI=1S/C14H9Cl2FO2/c15-10-2-1-3-11(16)13(10)9-6-8(17)7-12-14(9)19-5-4-18-12/h1-3,6-7H,4-5H2. The van der Waals surface area contributed by atoms with Crippen LogP contribution in [0.5, 0.6) is 11.5 Å². The minimum absolute atomic E-state index is 0.372. The van der Waals surface area contributed by atoms with Crippen LogP contribution in [-0.4, -0.2) is 13.2 Å². The van der Waals surface area contributed by atoms with Gasteiger partial charge in [-0.15, -0.1) is 0 Å². The Morgan fingerprint density at radius 1 is 1.00 bits per heavy atom. The topological polar surface area (TPSA) is 18.5 Å². The second-order valence-electron chi connectivity index (χ2n) is 4.07. The molecule has 1 heterocycles. The normalized spacial score (nSPS) is 13.4. The van der Waals surface area contributed by atoms with Crippen LogP contribution >= 0.6 is 23.2 Å². The molecular weight excluding hydrogens is 290 g/mol. The Balaban J connectivity index is 2.28. The van der Waals surface area contributed by atoms with Gasteiger partial charge in [0.25, 0.3) is 0 Å². The molecule has 0 amide bonds. The summed E-state index contributed by atoms with van der Waals surface area (Å²) in [5, 5.41) is 0.879. The average Bonchev–Trinajstić information content (AvgIpc) is 2.38. The molecule has 2 nitrogen and oxygen atoms in total. The maximum Gasteiger partial charge on any atom is 0.169 e. The number of halogens is 3. The summed E-state index contributed by atoms with van der Waals surface area (Å²) >= 11 is 12.3. The number of fused-ring (bicyclic) bond motifs is 1. The van der Waals surface area contributed by atoms with Crippen molar-refractivity contribution >= 4 is 23.2 Å². The number of rotatable bonds is 1. The molecule has 0 unspecified atom stereocenters. The van der Waals surface area contributed by atoms with Crippen LogP contribution in [0.25, 0.3) is 11.1 Å². The van der Waals surface area contributed by atoms with Crippen LogP contribution in [0.3, 0.4) is 0 Å². The van der Waals surface area contributed by atoms with Crippen molar-refractivity contribution in [1.29, 1.82) is 0 Å². The summed E-state index contributed by atoms with van der Waals surface area (Å²) in [7, 11) is 0. The number of ether oxygens (including phenoxy) is 2. The first-order valence-corrected chi connectivity index (χ1v) is 6.46. The first-order valence-electron chi connectivity index (χ1n) is 5.70. The van der Waals surface area contributed by atoms with E-state index in [1.165, 1.54) is 12.1 Å². The number of hydrogen-bond acceptors (Lipinski definition) is 2. The van der Waals surface area contributed by atoms with Gasteiger partial charge in [-0.2, -0.15) is 0 Å². The molecule has 5 heteroatoms. The lowest BCUT2D eigenvalue weighted by molar-refractivity contribution is 0.171. The van der Waals surface area contributed by atoms with Crippen molar-refractivity contribution in [1.82, 2.24) is 0 Å². The summed E-state index contributed by atoms with van der Waals surface area (Å²) in [6.07, 6.45) is 0. The third kappa shape index (κ3) is 2.24. The van der Waals surface area contributed by atoms with E-state index in [0.29, 0.717) is 45.9 Å². The molecule has 0 bridgehead atoms. The Bertz CT molecular complexity index is 623. The molecule has 0 saturated carbocycles. The minimum atomic E-state index is -0.421. The van der Waals surface area contributed by atoms with E-state index < -0.39 is 5.82 Å². The van der Waals surface area contributed by atoms with Crippen LogP contribution in [0, 0.1) is 5.82 Å². The van der Waals surface area contributed by atoms with Crippen molar-refractivity contribution in [3.05, 3.63) is 46.2 Å². The van der Waals surface area contributed by atoms with Crippen LogP contribution in [0.4, 0.5) is 4.39 Å². The molecule has 2 aromatic rings. The first kappa shape index (κ1) is 12.6. The fourth-order valence-corrected chi connectivity index (χ4v) is 2.66. The SMILES string of the molecule is Fc1cc2c(c(-c3c(Cl)cccc3Cl)c1)OCCO2. The Hall–Kier alpha value is -1.45. The molecule has 1 aliphatic rings. The van der Waals surface area contributed by atoms with Gasteiger partial charge in [0.05, 0.1) is 10.0 Å². The Labute approximate surface area is 119 Å². The smallest absolute Gasteiger partial charge is 0.169 e. The molecule has 3 rings (SSSR count). The van der Waals surface area contributed by atoms with E-state index in [-0.39, 0.29) is 0 Å². The predicted molar refractivity (Wildman–Crippen MR) is 72.8 cm³/mol. The van der Waals surface area contributed by atoms with Gasteiger partial charge in [-0.3, -0.25) is 0 Å². The van der Waals surface area contributed by atoms with Crippen molar-refractivity contribution in [2.75, 3.05) is 13.2 Å². The lowest BCUT2D eigenvalue weighted by atomic mass is 10.0. The number of hydrogen-bond donors (Lipinski definition) is 0. The van der Waals surface area contributed by atoms with Crippen molar-refractivity contribution in [3.63, 3.8) is 0 Å². The molecule has 0 aromatic heterocycles. The van der Waals surface area contributed by atoms with E-state index in [9.17, 15) is 4.39 Å². The zero-order valence-corrected chi connectivity index (χ0v) is 11.3. The fraction of sp³-hybridized carbons (Fsp3) is 0.143. The summed E-state index contributed by atoms with van der Waals surface area (Å²) in [5.41, 5.74) is 1.05. The number of benzene rings is 2. The highest BCUT2D eigenvalue weighted by Crippen LogP contribution is 2.45. The molecule has 1 aliphatic heterocycles. The molecular formula is C14H9Cl2FO2. The van der Waals surface area contributed by atoms with Crippen LogP contribution in [0.2, 0.25) is 10.0 Å². The molecule has 2 aromatic carbocycles. The van der Waals surface area contributed by atoms with Crippen molar-refractivity contribution in [2.45, 2.75) is 0 Å². The van der Waals surface area contributed by atoms with Crippen LogP contribution in [0.1, 0.15) is 0 Å². The summed E-state index contributed by atoms with van der Waals surface area (Å²) < 4.78 is 24.6. The van der Waals surface area contributed by atoms with E-state index in [1.807, 2.05) is 0 Å². The van der Waals surface area contributed by atoms with Gasteiger partial charge < -0.3 is 9.47 Å². The van der Waals surface area contributed by atoms with Gasteiger partial charge in [-0.1, -0.05) is 29.3 Å². The second-order valence-corrected chi connectivity index (χ2v) is 4.89.